The molecule has 0 amide bonds. The highest BCUT2D eigenvalue weighted by atomic mass is 32.1. The van der Waals surface area contributed by atoms with E-state index in [2.05, 4.69) is 126 Å². The Balaban J connectivity index is 1.16. The molecule has 0 fully saturated rings. The van der Waals surface area contributed by atoms with Gasteiger partial charge in [-0.05, 0) is 63.4 Å². The van der Waals surface area contributed by atoms with E-state index >= 15 is 0 Å². The molecule has 0 atom stereocenters. The number of benzene rings is 6. The molecule has 9 rings (SSSR count). The Morgan fingerprint density at radius 2 is 1.33 bits per heavy atom. The van der Waals surface area contributed by atoms with Crippen LogP contribution in [-0.4, -0.2) is 9.97 Å². The second-order valence-electron chi connectivity index (χ2n) is 10.6. The van der Waals surface area contributed by atoms with Gasteiger partial charge in [0.25, 0.3) is 0 Å². The van der Waals surface area contributed by atoms with Crippen LogP contribution in [0.15, 0.2) is 138 Å². The third-order valence-electron chi connectivity index (χ3n) is 8.14. The Morgan fingerprint density at radius 3 is 2.31 bits per heavy atom. The van der Waals surface area contributed by atoms with Crippen molar-refractivity contribution in [2.24, 2.45) is 0 Å². The second-order valence-corrected chi connectivity index (χ2v) is 11.7. The lowest BCUT2D eigenvalue weighted by Gasteiger charge is -2.08. The number of furan rings is 1. The van der Waals surface area contributed by atoms with Crippen molar-refractivity contribution in [3.63, 3.8) is 0 Å². The molecule has 3 heterocycles. The van der Waals surface area contributed by atoms with E-state index < -0.39 is 0 Å². The van der Waals surface area contributed by atoms with Crippen molar-refractivity contribution in [1.82, 2.24) is 9.97 Å². The zero-order valence-corrected chi connectivity index (χ0v) is 23.2. The van der Waals surface area contributed by atoms with Crippen LogP contribution in [-0.2, 0) is 0 Å². The van der Waals surface area contributed by atoms with Crippen molar-refractivity contribution < 1.29 is 4.42 Å². The lowest BCUT2D eigenvalue weighted by atomic mass is 9.97. The highest BCUT2D eigenvalue weighted by molar-refractivity contribution is 7.26. The minimum atomic E-state index is 0.553. The fraction of sp³-hybridized carbons (Fsp3) is 0. The molecule has 6 aromatic carbocycles. The van der Waals surface area contributed by atoms with Gasteiger partial charge in [0.15, 0.2) is 0 Å². The highest BCUT2D eigenvalue weighted by Crippen LogP contribution is 2.41. The fourth-order valence-corrected chi connectivity index (χ4v) is 7.28. The highest BCUT2D eigenvalue weighted by Gasteiger charge is 2.15. The molecule has 0 aliphatic heterocycles. The van der Waals surface area contributed by atoms with E-state index in [0.29, 0.717) is 5.71 Å². The van der Waals surface area contributed by atoms with Gasteiger partial charge in [0.05, 0.1) is 11.9 Å². The SMILES string of the molecule is c1cc(-c2ccc3oc4ncc(-c5ccc6ccccc6c5)nc4c3c2)cc(-c2cccc3c2sc2ccccc23)c1. The number of hydrogen-bond donors (Lipinski definition) is 0. The maximum absolute atomic E-state index is 6.10. The van der Waals surface area contributed by atoms with Crippen LogP contribution in [0.3, 0.4) is 0 Å². The molecule has 0 N–H and O–H groups in total. The normalized spacial score (nSPS) is 11.8. The maximum Gasteiger partial charge on any atom is 0.246 e. The van der Waals surface area contributed by atoms with Gasteiger partial charge < -0.3 is 4.42 Å². The quantitative estimate of drug-likeness (QED) is 0.218. The standard InChI is InChI=1S/C38H22N2OS/c1-2-8-24-20-28(16-15-23(24)7-1)33-22-39-38-36(40-33)32-21-26(17-18-34(32)41-38)25-9-5-10-27(19-25)29-12-6-13-31-30-11-3-4-14-35(30)42-37(29)31/h1-22H. The molecule has 0 spiro atoms. The Morgan fingerprint density at radius 1 is 0.548 bits per heavy atom. The van der Waals surface area contributed by atoms with Crippen LogP contribution in [0.5, 0.6) is 0 Å². The lowest BCUT2D eigenvalue weighted by molar-refractivity contribution is 0.653. The molecule has 0 saturated heterocycles. The van der Waals surface area contributed by atoms with Gasteiger partial charge in [0.2, 0.25) is 5.71 Å². The molecule has 3 aromatic heterocycles. The number of aromatic nitrogens is 2. The van der Waals surface area contributed by atoms with Crippen molar-refractivity contribution in [3.05, 3.63) is 134 Å². The first kappa shape index (κ1) is 23.4. The Bertz CT molecular complexity index is 2490. The molecule has 4 heteroatoms. The summed E-state index contributed by atoms with van der Waals surface area (Å²) in [5, 5.41) is 5.99. The van der Waals surface area contributed by atoms with Crippen LogP contribution in [0.2, 0.25) is 0 Å². The lowest BCUT2D eigenvalue weighted by Crippen LogP contribution is -1.87. The van der Waals surface area contributed by atoms with Crippen LogP contribution in [0.1, 0.15) is 0 Å². The van der Waals surface area contributed by atoms with Crippen molar-refractivity contribution in [2.45, 2.75) is 0 Å². The number of nitrogens with zero attached hydrogens (tertiary/aromatic N) is 2. The van der Waals surface area contributed by atoms with E-state index in [0.717, 1.165) is 38.9 Å². The fourth-order valence-electron chi connectivity index (χ4n) is 6.04. The molecule has 9 aromatic rings. The van der Waals surface area contributed by atoms with Gasteiger partial charge in [-0.15, -0.1) is 11.3 Å². The van der Waals surface area contributed by atoms with Crippen molar-refractivity contribution in [3.8, 4) is 33.5 Å². The topological polar surface area (TPSA) is 38.9 Å². The van der Waals surface area contributed by atoms with E-state index in [1.165, 1.54) is 42.1 Å². The molecule has 0 aliphatic rings. The van der Waals surface area contributed by atoms with E-state index in [1.807, 2.05) is 17.4 Å². The minimum Gasteiger partial charge on any atom is -0.436 e. The third-order valence-corrected chi connectivity index (χ3v) is 9.36. The predicted octanol–water partition coefficient (Wildman–Crippen LogP) is 10.9. The Labute approximate surface area is 245 Å². The van der Waals surface area contributed by atoms with Crippen molar-refractivity contribution in [2.75, 3.05) is 0 Å². The van der Waals surface area contributed by atoms with E-state index in [1.54, 1.807) is 6.20 Å². The van der Waals surface area contributed by atoms with E-state index in [9.17, 15) is 0 Å². The predicted molar refractivity (Wildman–Crippen MR) is 176 cm³/mol. The summed E-state index contributed by atoms with van der Waals surface area (Å²) in [5.74, 6) is 0. The van der Waals surface area contributed by atoms with Crippen molar-refractivity contribution in [1.29, 1.82) is 0 Å². The summed E-state index contributed by atoms with van der Waals surface area (Å²) in [6.07, 6.45) is 1.80. The number of fused-ring (bicyclic) bond motifs is 7. The largest absolute Gasteiger partial charge is 0.436 e. The average Bonchev–Trinajstić information content (AvgIpc) is 3.62. The Kier molecular flexibility index (Phi) is 5.07. The van der Waals surface area contributed by atoms with Gasteiger partial charge in [0.1, 0.15) is 11.1 Å². The molecule has 0 unspecified atom stereocenters. The summed E-state index contributed by atoms with van der Waals surface area (Å²) in [6.45, 7) is 0. The molecule has 0 saturated carbocycles. The van der Waals surface area contributed by atoms with Crippen LogP contribution >= 0.6 is 11.3 Å². The van der Waals surface area contributed by atoms with Gasteiger partial charge in [-0.25, -0.2) is 9.97 Å². The second kappa shape index (κ2) is 9.10. The molecule has 0 bridgehead atoms. The first-order valence-electron chi connectivity index (χ1n) is 14.0. The minimum absolute atomic E-state index is 0.553. The maximum atomic E-state index is 6.10. The van der Waals surface area contributed by atoms with Crippen molar-refractivity contribution >= 4 is 64.5 Å². The summed E-state index contributed by atoms with van der Waals surface area (Å²) in [6, 6.07) is 45.2. The van der Waals surface area contributed by atoms with Gasteiger partial charge in [-0.3, -0.25) is 0 Å². The molecule has 3 nitrogen and oxygen atoms in total. The zero-order valence-electron chi connectivity index (χ0n) is 22.4. The van der Waals surface area contributed by atoms with Gasteiger partial charge >= 0.3 is 0 Å². The summed E-state index contributed by atoms with van der Waals surface area (Å²) >= 11 is 1.86. The monoisotopic (exact) mass is 554 g/mol. The first-order chi connectivity index (χ1) is 20.8. The van der Waals surface area contributed by atoms with Crippen LogP contribution in [0.25, 0.3) is 86.7 Å². The Hall–Kier alpha value is -5.32. The van der Waals surface area contributed by atoms with Crippen LogP contribution < -0.4 is 0 Å². The number of thiophene rings is 1. The van der Waals surface area contributed by atoms with Gasteiger partial charge in [0, 0.05) is 31.1 Å². The molecule has 0 aliphatic carbocycles. The average molecular weight is 555 g/mol. The van der Waals surface area contributed by atoms with Gasteiger partial charge in [-0.1, -0.05) is 97.1 Å². The zero-order chi connectivity index (χ0) is 27.6. The summed E-state index contributed by atoms with van der Waals surface area (Å²) < 4.78 is 8.74. The van der Waals surface area contributed by atoms with Gasteiger partial charge in [-0.2, -0.15) is 0 Å². The number of hydrogen-bond acceptors (Lipinski definition) is 4. The van der Waals surface area contributed by atoms with Crippen LogP contribution in [0.4, 0.5) is 0 Å². The molecular formula is C38H22N2OS. The molecular weight excluding hydrogens is 532 g/mol. The molecule has 42 heavy (non-hydrogen) atoms. The molecule has 196 valence electrons. The number of rotatable bonds is 3. The molecule has 0 radical (unpaired) electrons. The summed E-state index contributed by atoms with van der Waals surface area (Å²) in [7, 11) is 0. The summed E-state index contributed by atoms with van der Waals surface area (Å²) in [4.78, 5) is 9.69. The smallest absolute Gasteiger partial charge is 0.246 e. The van der Waals surface area contributed by atoms with Crippen LogP contribution in [0, 0.1) is 0 Å². The first-order valence-corrected chi connectivity index (χ1v) is 14.8. The summed E-state index contributed by atoms with van der Waals surface area (Å²) in [5.41, 5.74) is 8.73. The van der Waals surface area contributed by atoms with E-state index in [-0.39, 0.29) is 0 Å². The van der Waals surface area contributed by atoms with E-state index in [4.69, 9.17) is 9.40 Å². The third kappa shape index (κ3) is 3.66.